The molecule has 0 saturated heterocycles. The Kier molecular flexibility index (Phi) is 4.72. The van der Waals surface area contributed by atoms with Gasteiger partial charge in [-0.2, -0.15) is 0 Å². The van der Waals surface area contributed by atoms with Crippen LogP contribution in [-0.2, 0) is 13.0 Å². The Labute approximate surface area is 164 Å². The summed E-state index contributed by atoms with van der Waals surface area (Å²) < 4.78 is 14.5. The molecule has 0 spiro atoms. The molecule has 0 aliphatic heterocycles. The molecule has 0 aliphatic carbocycles. The van der Waals surface area contributed by atoms with Crippen molar-refractivity contribution in [3.63, 3.8) is 0 Å². The van der Waals surface area contributed by atoms with E-state index < -0.39 is 0 Å². The number of aromatic nitrogens is 2. The molecule has 0 fully saturated rings. The van der Waals surface area contributed by atoms with Gasteiger partial charge in [0.25, 0.3) is 5.56 Å². The predicted octanol–water partition coefficient (Wildman–Crippen LogP) is 4.53. The van der Waals surface area contributed by atoms with Crippen molar-refractivity contribution in [2.45, 2.75) is 13.0 Å². The summed E-state index contributed by atoms with van der Waals surface area (Å²) in [4.78, 5) is 16.2. The summed E-state index contributed by atoms with van der Waals surface area (Å²) >= 11 is 6.96. The number of rotatable bonds is 5. The van der Waals surface area contributed by atoms with E-state index >= 15 is 0 Å². The lowest BCUT2D eigenvalue weighted by Gasteiger charge is -2.10. The zero-order chi connectivity index (χ0) is 19.0. The first-order valence-corrected chi connectivity index (χ1v) is 9.70. The number of benzene rings is 2. The molecule has 5 nitrogen and oxygen atoms in total. The summed E-state index contributed by atoms with van der Waals surface area (Å²) in [6.45, 7) is 0.494. The van der Waals surface area contributed by atoms with E-state index in [2.05, 4.69) is 4.98 Å². The fourth-order valence-corrected chi connectivity index (χ4v) is 4.57. The second-order valence-corrected chi connectivity index (χ2v) is 7.57. The quantitative estimate of drug-likeness (QED) is 0.502. The minimum Gasteiger partial charge on any atom is -0.493 e. The maximum absolute atomic E-state index is 13.0. The molecule has 0 bridgehead atoms. The highest BCUT2D eigenvalue weighted by atomic mass is 32.1. The van der Waals surface area contributed by atoms with Gasteiger partial charge in [-0.05, 0) is 42.4 Å². The summed E-state index contributed by atoms with van der Waals surface area (Å²) in [7, 11) is 3.22. The molecule has 0 aliphatic rings. The van der Waals surface area contributed by atoms with Gasteiger partial charge >= 0.3 is 0 Å². The molecule has 2 aromatic carbocycles. The van der Waals surface area contributed by atoms with Gasteiger partial charge in [0.05, 0.1) is 19.7 Å². The predicted molar refractivity (Wildman–Crippen MR) is 112 cm³/mol. The average molecular weight is 399 g/mol. The minimum atomic E-state index is -0.0459. The van der Waals surface area contributed by atoms with E-state index in [1.807, 2.05) is 42.5 Å². The summed E-state index contributed by atoms with van der Waals surface area (Å²) in [5, 5.41) is 1.03. The zero-order valence-corrected chi connectivity index (χ0v) is 16.6. The van der Waals surface area contributed by atoms with Crippen LogP contribution in [0.25, 0.3) is 20.3 Å². The van der Waals surface area contributed by atoms with E-state index in [1.54, 1.807) is 18.8 Å². The fourth-order valence-electron chi connectivity index (χ4n) is 3.19. The molecule has 0 atom stereocenters. The standard InChI is InChI=1S/C20H18N2O3S2/c1-24-14-8-7-12(11-15(14)25-2)9-10-22-19(23)18-17(21-20(22)26)13-5-3-4-6-16(13)27-18/h3-8,11H,9-10H2,1-2H3,(H,21,26). The van der Waals surface area contributed by atoms with Crippen molar-refractivity contribution >= 4 is 43.9 Å². The number of nitrogens with one attached hydrogen (secondary N) is 1. The van der Waals surface area contributed by atoms with Crippen molar-refractivity contribution in [1.82, 2.24) is 9.55 Å². The van der Waals surface area contributed by atoms with Gasteiger partial charge in [-0.25, -0.2) is 0 Å². The molecular weight excluding hydrogens is 380 g/mol. The Morgan fingerprint density at radius 3 is 2.67 bits per heavy atom. The molecule has 1 N–H and O–H groups in total. The number of H-pyrrole nitrogens is 1. The Balaban J connectivity index is 1.71. The summed E-state index contributed by atoms with van der Waals surface area (Å²) in [5.74, 6) is 1.36. The third kappa shape index (κ3) is 3.13. The summed E-state index contributed by atoms with van der Waals surface area (Å²) in [5.41, 5.74) is 1.83. The number of hydrogen-bond acceptors (Lipinski definition) is 5. The van der Waals surface area contributed by atoms with E-state index in [9.17, 15) is 4.79 Å². The zero-order valence-electron chi connectivity index (χ0n) is 14.9. The Morgan fingerprint density at radius 2 is 1.89 bits per heavy atom. The first-order chi connectivity index (χ1) is 13.1. The number of ether oxygens (including phenoxy) is 2. The molecule has 27 heavy (non-hydrogen) atoms. The minimum absolute atomic E-state index is 0.0459. The molecule has 138 valence electrons. The average Bonchev–Trinajstić information content (AvgIpc) is 3.06. The second kappa shape index (κ2) is 7.17. The van der Waals surface area contributed by atoms with Gasteiger partial charge in [-0.3, -0.25) is 9.36 Å². The van der Waals surface area contributed by atoms with E-state index in [0.717, 1.165) is 21.2 Å². The number of fused-ring (bicyclic) bond motifs is 3. The van der Waals surface area contributed by atoms with Gasteiger partial charge in [-0.15, -0.1) is 11.3 Å². The molecule has 0 saturated carbocycles. The van der Waals surface area contributed by atoms with Crippen molar-refractivity contribution in [2.75, 3.05) is 14.2 Å². The summed E-state index contributed by atoms with van der Waals surface area (Å²) in [6, 6.07) is 13.7. The van der Waals surface area contributed by atoms with Crippen LogP contribution in [0.3, 0.4) is 0 Å². The third-order valence-electron chi connectivity index (χ3n) is 4.58. The Morgan fingerprint density at radius 1 is 1.11 bits per heavy atom. The van der Waals surface area contributed by atoms with Crippen LogP contribution in [-0.4, -0.2) is 23.8 Å². The van der Waals surface area contributed by atoms with Crippen LogP contribution in [0.4, 0.5) is 0 Å². The third-order valence-corrected chi connectivity index (χ3v) is 6.07. The number of methoxy groups -OCH3 is 2. The van der Waals surface area contributed by atoms with Crippen LogP contribution in [0, 0.1) is 4.77 Å². The lowest BCUT2D eigenvalue weighted by Crippen LogP contribution is -2.22. The molecule has 2 aromatic heterocycles. The van der Waals surface area contributed by atoms with Gasteiger partial charge < -0.3 is 14.5 Å². The highest BCUT2D eigenvalue weighted by Gasteiger charge is 2.12. The maximum atomic E-state index is 13.0. The number of aromatic amines is 1. The van der Waals surface area contributed by atoms with Crippen LogP contribution in [0.1, 0.15) is 5.56 Å². The smallest absolute Gasteiger partial charge is 0.272 e. The number of nitrogens with zero attached hydrogens (tertiary/aromatic N) is 1. The van der Waals surface area contributed by atoms with Crippen molar-refractivity contribution in [2.24, 2.45) is 0 Å². The van der Waals surface area contributed by atoms with Crippen LogP contribution in [0.15, 0.2) is 47.3 Å². The van der Waals surface area contributed by atoms with Gasteiger partial charge in [0.1, 0.15) is 4.70 Å². The molecule has 0 radical (unpaired) electrons. The van der Waals surface area contributed by atoms with Crippen LogP contribution in [0.5, 0.6) is 11.5 Å². The van der Waals surface area contributed by atoms with E-state index in [-0.39, 0.29) is 5.56 Å². The Hall–Kier alpha value is -2.64. The summed E-state index contributed by atoms with van der Waals surface area (Å²) in [6.07, 6.45) is 0.661. The highest BCUT2D eigenvalue weighted by molar-refractivity contribution is 7.71. The van der Waals surface area contributed by atoms with Crippen molar-refractivity contribution in [1.29, 1.82) is 0 Å². The monoisotopic (exact) mass is 398 g/mol. The second-order valence-electron chi connectivity index (χ2n) is 6.13. The number of thiophene rings is 1. The van der Waals surface area contributed by atoms with Gasteiger partial charge in [0.2, 0.25) is 0 Å². The van der Waals surface area contributed by atoms with Crippen LogP contribution < -0.4 is 15.0 Å². The van der Waals surface area contributed by atoms with E-state index in [4.69, 9.17) is 21.7 Å². The van der Waals surface area contributed by atoms with Crippen molar-refractivity contribution < 1.29 is 9.47 Å². The maximum Gasteiger partial charge on any atom is 0.272 e. The molecule has 4 aromatic rings. The molecule has 2 heterocycles. The lowest BCUT2D eigenvalue weighted by atomic mass is 10.1. The van der Waals surface area contributed by atoms with Crippen LogP contribution in [0.2, 0.25) is 0 Å². The molecule has 4 rings (SSSR count). The topological polar surface area (TPSA) is 56.2 Å². The highest BCUT2D eigenvalue weighted by Crippen LogP contribution is 2.30. The Bertz CT molecular complexity index is 1250. The number of hydrogen-bond donors (Lipinski definition) is 1. The molecule has 0 unspecified atom stereocenters. The fraction of sp³-hybridized carbons (Fsp3) is 0.200. The largest absolute Gasteiger partial charge is 0.493 e. The van der Waals surface area contributed by atoms with Crippen LogP contribution >= 0.6 is 23.6 Å². The normalized spacial score (nSPS) is 11.2. The van der Waals surface area contributed by atoms with Crippen molar-refractivity contribution in [3.8, 4) is 11.5 Å². The van der Waals surface area contributed by atoms with Crippen molar-refractivity contribution in [3.05, 3.63) is 63.2 Å². The number of aryl methyl sites for hydroxylation is 1. The van der Waals surface area contributed by atoms with E-state index in [1.165, 1.54) is 11.3 Å². The first kappa shape index (κ1) is 17.8. The van der Waals surface area contributed by atoms with Gasteiger partial charge in [0.15, 0.2) is 16.3 Å². The van der Waals surface area contributed by atoms with E-state index in [0.29, 0.717) is 33.9 Å². The molecule has 0 amide bonds. The van der Waals surface area contributed by atoms with Gasteiger partial charge in [0, 0.05) is 16.6 Å². The molecular formula is C20H18N2O3S2. The molecule has 7 heteroatoms. The van der Waals surface area contributed by atoms with Gasteiger partial charge in [-0.1, -0.05) is 24.3 Å². The SMILES string of the molecule is COc1ccc(CCn2c(=S)[nH]c3c(sc4ccccc43)c2=O)cc1OC. The first-order valence-electron chi connectivity index (χ1n) is 8.47. The lowest BCUT2D eigenvalue weighted by molar-refractivity contribution is 0.354.